The van der Waals surface area contributed by atoms with Crippen LogP contribution in [-0.4, -0.2) is 33.4 Å². The molecule has 1 fully saturated rings. The third-order valence-electron chi connectivity index (χ3n) is 5.37. The molecular formula is C23H24FN5O. The van der Waals surface area contributed by atoms with Crippen LogP contribution in [0.4, 0.5) is 10.2 Å². The van der Waals surface area contributed by atoms with Gasteiger partial charge in [0, 0.05) is 43.3 Å². The molecule has 1 aliphatic rings. The SMILES string of the molecule is CC1CCCCN1c1nc(-c2ccc(F)cc2)ncc1C(=O)NCc1cccnc1. The standard InChI is InChI=1S/C23H24FN5O/c1-16-5-2-3-12-29(16)22-20(23(30)27-14-17-6-4-11-25-13-17)15-26-21(28-22)18-7-9-19(24)10-8-18/h4,6-11,13,15-16H,2-3,5,12,14H2,1H3,(H,27,30). The van der Waals surface area contributed by atoms with Gasteiger partial charge in [0.1, 0.15) is 17.2 Å². The molecule has 1 aliphatic heterocycles. The normalized spacial score (nSPS) is 16.3. The van der Waals surface area contributed by atoms with Crippen molar-refractivity contribution in [2.24, 2.45) is 0 Å². The van der Waals surface area contributed by atoms with Crippen molar-refractivity contribution in [2.45, 2.75) is 38.8 Å². The fourth-order valence-electron chi connectivity index (χ4n) is 3.68. The molecule has 0 spiro atoms. The highest BCUT2D eigenvalue weighted by atomic mass is 19.1. The topological polar surface area (TPSA) is 71.0 Å². The number of nitrogens with zero attached hydrogens (tertiary/aromatic N) is 4. The molecule has 1 N–H and O–H groups in total. The lowest BCUT2D eigenvalue weighted by Crippen LogP contribution is -2.40. The molecule has 3 aromatic rings. The summed E-state index contributed by atoms with van der Waals surface area (Å²) in [6, 6.07) is 10.1. The molecule has 3 heterocycles. The number of amides is 1. The number of aromatic nitrogens is 3. The van der Waals surface area contributed by atoms with Gasteiger partial charge in [-0.15, -0.1) is 0 Å². The summed E-state index contributed by atoms with van der Waals surface area (Å²) in [5.74, 6) is 0.569. The molecule has 6 nitrogen and oxygen atoms in total. The van der Waals surface area contributed by atoms with E-state index < -0.39 is 0 Å². The first kappa shape index (κ1) is 19.9. The van der Waals surface area contributed by atoms with Crippen LogP contribution in [-0.2, 0) is 6.54 Å². The number of benzene rings is 1. The highest BCUT2D eigenvalue weighted by Gasteiger charge is 2.26. The second kappa shape index (κ2) is 8.98. The summed E-state index contributed by atoms with van der Waals surface area (Å²) < 4.78 is 13.3. The van der Waals surface area contributed by atoms with Crippen LogP contribution in [0.2, 0.25) is 0 Å². The van der Waals surface area contributed by atoms with Crippen LogP contribution in [0.3, 0.4) is 0 Å². The number of rotatable bonds is 5. The van der Waals surface area contributed by atoms with E-state index in [1.54, 1.807) is 30.7 Å². The predicted molar refractivity (Wildman–Crippen MR) is 113 cm³/mol. The minimum atomic E-state index is -0.310. The average Bonchev–Trinajstić information content (AvgIpc) is 2.79. The number of halogens is 1. The Morgan fingerprint density at radius 1 is 1.20 bits per heavy atom. The van der Waals surface area contributed by atoms with Crippen molar-refractivity contribution in [3.8, 4) is 11.4 Å². The minimum Gasteiger partial charge on any atom is -0.353 e. The number of nitrogens with one attached hydrogen (secondary N) is 1. The summed E-state index contributed by atoms with van der Waals surface area (Å²) in [4.78, 5) is 28.4. The zero-order valence-electron chi connectivity index (χ0n) is 16.9. The maximum atomic E-state index is 13.3. The van der Waals surface area contributed by atoms with E-state index in [4.69, 9.17) is 4.98 Å². The van der Waals surface area contributed by atoms with E-state index in [0.717, 1.165) is 31.4 Å². The number of piperidine rings is 1. The van der Waals surface area contributed by atoms with Gasteiger partial charge < -0.3 is 10.2 Å². The van der Waals surface area contributed by atoms with E-state index in [0.29, 0.717) is 29.3 Å². The molecule has 0 radical (unpaired) electrons. The third kappa shape index (κ3) is 4.45. The third-order valence-corrected chi connectivity index (χ3v) is 5.37. The molecule has 0 saturated carbocycles. The quantitative estimate of drug-likeness (QED) is 0.695. The smallest absolute Gasteiger partial charge is 0.256 e. The van der Waals surface area contributed by atoms with Crippen LogP contribution in [0.1, 0.15) is 42.1 Å². The Bertz CT molecular complexity index is 1010. The summed E-state index contributed by atoms with van der Waals surface area (Å²) in [6.07, 6.45) is 8.26. The average molecular weight is 405 g/mol. The zero-order chi connectivity index (χ0) is 20.9. The van der Waals surface area contributed by atoms with Gasteiger partial charge in [0.2, 0.25) is 0 Å². The maximum absolute atomic E-state index is 13.3. The number of hydrogen-bond acceptors (Lipinski definition) is 5. The van der Waals surface area contributed by atoms with E-state index >= 15 is 0 Å². The Morgan fingerprint density at radius 2 is 2.03 bits per heavy atom. The maximum Gasteiger partial charge on any atom is 0.256 e. The highest BCUT2D eigenvalue weighted by Crippen LogP contribution is 2.28. The first-order valence-electron chi connectivity index (χ1n) is 10.2. The molecule has 0 aliphatic carbocycles. The largest absolute Gasteiger partial charge is 0.353 e. The fourth-order valence-corrected chi connectivity index (χ4v) is 3.68. The molecule has 2 aromatic heterocycles. The number of carbonyl (C=O) groups is 1. The van der Waals surface area contributed by atoms with Crippen LogP contribution in [0.15, 0.2) is 55.0 Å². The summed E-state index contributed by atoms with van der Waals surface area (Å²) in [7, 11) is 0. The number of pyridine rings is 1. The van der Waals surface area contributed by atoms with Gasteiger partial charge in [0.25, 0.3) is 5.91 Å². The Kier molecular flexibility index (Phi) is 5.97. The second-order valence-electron chi connectivity index (χ2n) is 7.52. The van der Waals surface area contributed by atoms with Gasteiger partial charge in [0.05, 0.1) is 0 Å². The molecule has 1 amide bonds. The Hall–Kier alpha value is -3.35. The monoisotopic (exact) mass is 405 g/mol. The number of carbonyl (C=O) groups excluding carboxylic acids is 1. The first-order chi connectivity index (χ1) is 14.6. The lowest BCUT2D eigenvalue weighted by Gasteiger charge is -2.35. The van der Waals surface area contributed by atoms with Crippen LogP contribution in [0.25, 0.3) is 11.4 Å². The van der Waals surface area contributed by atoms with Crippen molar-refractivity contribution >= 4 is 11.7 Å². The van der Waals surface area contributed by atoms with Crippen molar-refractivity contribution in [3.05, 3.63) is 71.9 Å². The molecular weight excluding hydrogens is 381 g/mol. The van der Waals surface area contributed by atoms with E-state index in [9.17, 15) is 9.18 Å². The molecule has 7 heteroatoms. The predicted octanol–water partition coefficient (Wildman–Crippen LogP) is 3.99. The van der Waals surface area contributed by atoms with Crippen LogP contribution >= 0.6 is 0 Å². The molecule has 0 bridgehead atoms. The molecule has 1 unspecified atom stereocenters. The van der Waals surface area contributed by atoms with Crippen LogP contribution in [0, 0.1) is 5.82 Å². The summed E-state index contributed by atoms with van der Waals surface area (Å²) in [5.41, 5.74) is 2.07. The zero-order valence-corrected chi connectivity index (χ0v) is 16.9. The molecule has 30 heavy (non-hydrogen) atoms. The van der Waals surface area contributed by atoms with Gasteiger partial charge in [-0.1, -0.05) is 6.07 Å². The highest BCUT2D eigenvalue weighted by molar-refractivity contribution is 5.99. The summed E-state index contributed by atoms with van der Waals surface area (Å²) in [5, 5.41) is 2.94. The Labute approximate surface area is 175 Å². The van der Waals surface area contributed by atoms with E-state index in [-0.39, 0.29) is 17.8 Å². The van der Waals surface area contributed by atoms with Crippen molar-refractivity contribution in [3.63, 3.8) is 0 Å². The van der Waals surface area contributed by atoms with Crippen molar-refractivity contribution in [1.29, 1.82) is 0 Å². The Balaban J connectivity index is 1.65. The van der Waals surface area contributed by atoms with Gasteiger partial charge in [-0.3, -0.25) is 9.78 Å². The van der Waals surface area contributed by atoms with Crippen LogP contribution in [0.5, 0.6) is 0 Å². The van der Waals surface area contributed by atoms with Gasteiger partial charge in [0.15, 0.2) is 5.82 Å². The van der Waals surface area contributed by atoms with E-state index in [2.05, 4.69) is 27.1 Å². The molecule has 4 rings (SSSR count). The van der Waals surface area contributed by atoms with Crippen LogP contribution < -0.4 is 10.2 Å². The second-order valence-corrected chi connectivity index (χ2v) is 7.52. The van der Waals surface area contributed by atoms with Gasteiger partial charge in [-0.25, -0.2) is 14.4 Å². The molecule has 1 atom stereocenters. The lowest BCUT2D eigenvalue weighted by molar-refractivity contribution is 0.0950. The van der Waals surface area contributed by atoms with Gasteiger partial charge in [-0.2, -0.15) is 0 Å². The Morgan fingerprint density at radius 3 is 2.77 bits per heavy atom. The summed E-state index contributed by atoms with van der Waals surface area (Å²) in [6.45, 7) is 3.36. The number of hydrogen-bond donors (Lipinski definition) is 1. The van der Waals surface area contributed by atoms with Gasteiger partial charge in [-0.05, 0) is 62.1 Å². The van der Waals surface area contributed by atoms with Crippen molar-refractivity contribution in [1.82, 2.24) is 20.3 Å². The van der Waals surface area contributed by atoms with Crippen molar-refractivity contribution < 1.29 is 9.18 Å². The molecule has 1 aromatic carbocycles. The summed E-state index contributed by atoms with van der Waals surface area (Å²) >= 11 is 0. The fraction of sp³-hybridized carbons (Fsp3) is 0.304. The minimum absolute atomic E-state index is 0.225. The van der Waals surface area contributed by atoms with Crippen molar-refractivity contribution in [2.75, 3.05) is 11.4 Å². The van der Waals surface area contributed by atoms with Gasteiger partial charge >= 0.3 is 0 Å². The first-order valence-corrected chi connectivity index (χ1v) is 10.2. The van der Waals surface area contributed by atoms with E-state index in [1.807, 2.05) is 12.1 Å². The molecule has 1 saturated heterocycles. The molecule has 154 valence electrons. The lowest BCUT2D eigenvalue weighted by atomic mass is 10.0. The number of anilines is 1. The van der Waals surface area contributed by atoms with E-state index in [1.165, 1.54) is 12.1 Å².